The van der Waals surface area contributed by atoms with Gasteiger partial charge in [0.15, 0.2) is 0 Å². The Balaban J connectivity index is 1.89. The van der Waals surface area contributed by atoms with E-state index in [1.807, 2.05) is 0 Å². The van der Waals surface area contributed by atoms with Crippen molar-refractivity contribution >= 4 is 0 Å². The van der Waals surface area contributed by atoms with Crippen LogP contribution in [-0.2, 0) is 18.4 Å². The van der Waals surface area contributed by atoms with E-state index in [1.165, 1.54) is 11.1 Å². The van der Waals surface area contributed by atoms with Crippen LogP contribution in [0.3, 0.4) is 0 Å². The standard InChI is InChI=1S/C21H25NO/c1-22-14-12-18(13-15-22)21(23)19-8-4-2-6-16(19)10-11-17-7-3-5-9-20(17)21/h2-9,18,23H,10-15H2,1H3/p+1. The molecule has 4 rings (SSSR count). The fourth-order valence-electron chi connectivity index (χ4n) is 4.60. The van der Waals surface area contributed by atoms with E-state index in [0.29, 0.717) is 5.92 Å². The molecule has 0 bridgehead atoms. The highest BCUT2D eigenvalue weighted by Crippen LogP contribution is 2.45. The van der Waals surface area contributed by atoms with Crippen LogP contribution in [-0.4, -0.2) is 25.2 Å². The van der Waals surface area contributed by atoms with E-state index in [9.17, 15) is 5.11 Å². The van der Waals surface area contributed by atoms with Crippen LogP contribution in [0.25, 0.3) is 0 Å². The van der Waals surface area contributed by atoms with E-state index in [4.69, 9.17) is 0 Å². The minimum absolute atomic E-state index is 0.312. The molecule has 23 heavy (non-hydrogen) atoms. The quantitative estimate of drug-likeness (QED) is 0.827. The average Bonchev–Trinajstić information content (AvgIpc) is 2.72. The summed E-state index contributed by atoms with van der Waals surface area (Å²) in [5, 5.41) is 12.1. The third kappa shape index (κ3) is 2.41. The molecule has 1 heterocycles. The predicted molar refractivity (Wildman–Crippen MR) is 92.6 cm³/mol. The van der Waals surface area contributed by atoms with Crippen LogP contribution in [0.4, 0.5) is 0 Å². The second-order valence-corrected chi connectivity index (χ2v) is 7.31. The second kappa shape index (κ2) is 5.77. The number of aliphatic hydroxyl groups is 1. The monoisotopic (exact) mass is 308 g/mol. The fraction of sp³-hybridized carbons (Fsp3) is 0.429. The molecule has 0 atom stereocenters. The molecule has 0 unspecified atom stereocenters. The molecule has 0 spiro atoms. The van der Waals surface area contributed by atoms with Crippen molar-refractivity contribution in [3.63, 3.8) is 0 Å². The normalized spacial score (nSPS) is 26.0. The first-order valence-electron chi connectivity index (χ1n) is 8.90. The smallest absolute Gasteiger partial charge is 0.118 e. The Hall–Kier alpha value is -1.64. The maximum Gasteiger partial charge on any atom is 0.118 e. The first kappa shape index (κ1) is 14.9. The zero-order chi connectivity index (χ0) is 15.9. The number of nitrogens with one attached hydrogen (secondary N) is 1. The van der Waals surface area contributed by atoms with Gasteiger partial charge in [-0.25, -0.2) is 0 Å². The molecule has 2 aromatic carbocycles. The number of piperidine rings is 1. The van der Waals surface area contributed by atoms with Gasteiger partial charge in [-0.15, -0.1) is 0 Å². The Morgan fingerprint density at radius 2 is 1.35 bits per heavy atom. The first-order valence-corrected chi connectivity index (χ1v) is 8.90. The van der Waals surface area contributed by atoms with Crippen LogP contribution in [0, 0.1) is 5.92 Å². The lowest BCUT2D eigenvalue weighted by atomic mass is 9.70. The minimum atomic E-state index is -0.829. The molecular formula is C21H26NO+. The summed E-state index contributed by atoms with van der Waals surface area (Å²) in [5.74, 6) is 0.312. The highest BCUT2D eigenvalue weighted by atomic mass is 16.3. The van der Waals surface area contributed by atoms with Gasteiger partial charge in [-0.2, -0.15) is 0 Å². The van der Waals surface area contributed by atoms with Gasteiger partial charge in [-0.05, 0) is 35.1 Å². The van der Waals surface area contributed by atoms with E-state index in [-0.39, 0.29) is 0 Å². The Bertz CT molecular complexity index is 653. The summed E-state index contributed by atoms with van der Waals surface area (Å²) in [6.45, 7) is 2.30. The molecule has 2 aromatic rings. The third-order valence-electron chi connectivity index (χ3n) is 5.95. The van der Waals surface area contributed by atoms with Gasteiger partial charge in [-0.3, -0.25) is 0 Å². The lowest BCUT2D eigenvalue weighted by Gasteiger charge is -2.41. The van der Waals surface area contributed by atoms with Gasteiger partial charge in [0, 0.05) is 18.8 Å². The number of aryl methyl sites for hydroxylation is 2. The largest absolute Gasteiger partial charge is 0.380 e. The summed E-state index contributed by atoms with van der Waals surface area (Å²) < 4.78 is 0. The number of benzene rings is 2. The molecule has 2 N–H and O–H groups in total. The molecule has 0 amide bonds. The molecule has 2 heteroatoms. The maximum absolute atomic E-state index is 12.1. The molecule has 1 fully saturated rings. The lowest BCUT2D eigenvalue weighted by Crippen LogP contribution is -3.10. The number of hydrogen-bond acceptors (Lipinski definition) is 1. The van der Waals surface area contributed by atoms with Gasteiger partial charge >= 0.3 is 0 Å². The molecule has 1 aliphatic carbocycles. The molecular weight excluding hydrogens is 282 g/mol. The van der Waals surface area contributed by atoms with E-state index >= 15 is 0 Å². The molecule has 1 saturated heterocycles. The van der Waals surface area contributed by atoms with E-state index < -0.39 is 5.60 Å². The van der Waals surface area contributed by atoms with Gasteiger partial charge in [0.25, 0.3) is 0 Å². The molecule has 0 saturated carbocycles. The topological polar surface area (TPSA) is 24.7 Å². The van der Waals surface area contributed by atoms with Crippen LogP contribution in [0.1, 0.15) is 35.1 Å². The highest BCUT2D eigenvalue weighted by molar-refractivity contribution is 5.48. The van der Waals surface area contributed by atoms with E-state index in [1.54, 1.807) is 4.90 Å². The molecule has 2 nitrogen and oxygen atoms in total. The Labute approximate surface area is 138 Å². The lowest BCUT2D eigenvalue weighted by molar-refractivity contribution is -0.886. The Kier molecular flexibility index (Phi) is 3.74. The zero-order valence-corrected chi connectivity index (χ0v) is 13.9. The fourth-order valence-corrected chi connectivity index (χ4v) is 4.60. The summed E-state index contributed by atoms with van der Waals surface area (Å²) in [4.78, 5) is 1.58. The van der Waals surface area contributed by atoms with Crippen molar-refractivity contribution in [3.8, 4) is 0 Å². The summed E-state index contributed by atoms with van der Waals surface area (Å²) >= 11 is 0. The van der Waals surface area contributed by atoms with Gasteiger partial charge in [0.05, 0.1) is 20.1 Å². The van der Waals surface area contributed by atoms with Crippen molar-refractivity contribution in [2.75, 3.05) is 20.1 Å². The second-order valence-electron chi connectivity index (χ2n) is 7.31. The van der Waals surface area contributed by atoms with Crippen LogP contribution in [0.2, 0.25) is 0 Å². The summed E-state index contributed by atoms with van der Waals surface area (Å²) in [6.07, 6.45) is 4.22. The number of quaternary nitrogens is 1. The van der Waals surface area contributed by atoms with Crippen LogP contribution in [0.5, 0.6) is 0 Å². The van der Waals surface area contributed by atoms with E-state index in [0.717, 1.165) is 49.9 Å². The number of hydrogen-bond donors (Lipinski definition) is 2. The van der Waals surface area contributed by atoms with Crippen molar-refractivity contribution in [3.05, 3.63) is 70.8 Å². The van der Waals surface area contributed by atoms with Crippen LogP contribution >= 0.6 is 0 Å². The van der Waals surface area contributed by atoms with Crippen molar-refractivity contribution in [1.82, 2.24) is 0 Å². The zero-order valence-electron chi connectivity index (χ0n) is 13.9. The van der Waals surface area contributed by atoms with Crippen LogP contribution < -0.4 is 4.90 Å². The summed E-state index contributed by atoms with van der Waals surface area (Å²) in [6, 6.07) is 17.1. The van der Waals surface area contributed by atoms with Gasteiger partial charge in [0.2, 0.25) is 0 Å². The average molecular weight is 308 g/mol. The molecule has 0 aromatic heterocycles. The number of rotatable bonds is 1. The maximum atomic E-state index is 12.1. The molecule has 0 radical (unpaired) electrons. The summed E-state index contributed by atoms with van der Waals surface area (Å²) in [5.41, 5.74) is 4.10. The highest BCUT2D eigenvalue weighted by Gasteiger charge is 2.45. The van der Waals surface area contributed by atoms with Crippen LogP contribution in [0.15, 0.2) is 48.5 Å². The van der Waals surface area contributed by atoms with Gasteiger partial charge in [0.1, 0.15) is 5.60 Å². The Morgan fingerprint density at radius 3 is 1.87 bits per heavy atom. The molecule has 1 aliphatic heterocycles. The molecule has 2 aliphatic rings. The Morgan fingerprint density at radius 1 is 0.870 bits per heavy atom. The predicted octanol–water partition coefficient (Wildman–Crippen LogP) is 1.95. The van der Waals surface area contributed by atoms with Crippen molar-refractivity contribution in [2.45, 2.75) is 31.3 Å². The van der Waals surface area contributed by atoms with E-state index in [2.05, 4.69) is 55.6 Å². The van der Waals surface area contributed by atoms with Crippen molar-refractivity contribution in [1.29, 1.82) is 0 Å². The van der Waals surface area contributed by atoms with Gasteiger partial charge < -0.3 is 10.0 Å². The molecule has 120 valence electrons. The summed E-state index contributed by atoms with van der Waals surface area (Å²) in [7, 11) is 2.26. The van der Waals surface area contributed by atoms with Crippen molar-refractivity contribution < 1.29 is 10.0 Å². The van der Waals surface area contributed by atoms with Gasteiger partial charge in [-0.1, -0.05) is 48.5 Å². The van der Waals surface area contributed by atoms with Crippen molar-refractivity contribution in [2.24, 2.45) is 5.92 Å². The SMILES string of the molecule is C[NH+]1CCC(C2(O)c3ccccc3CCc3ccccc32)CC1. The number of likely N-dealkylation sites (tertiary alicyclic amines) is 1. The minimum Gasteiger partial charge on any atom is -0.380 e. The first-order chi connectivity index (χ1) is 11.2. The third-order valence-corrected chi connectivity index (χ3v) is 5.95. The number of fused-ring (bicyclic) bond motifs is 2.